The predicted octanol–water partition coefficient (Wildman–Crippen LogP) is 3.58. The van der Waals surface area contributed by atoms with E-state index >= 15 is 0 Å². The molecule has 3 rings (SSSR count). The molecule has 0 saturated heterocycles. The summed E-state index contributed by atoms with van der Waals surface area (Å²) in [5.74, 6) is 0.958. The van der Waals surface area contributed by atoms with Gasteiger partial charge in [-0.15, -0.1) is 10.2 Å². The summed E-state index contributed by atoms with van der Waals surface area (Å²) in [6.45, 7) is 1.71. The van der Waals surface area contributed by atoms with Crippen LogP contribution in [0.25, 0.3) is 0 Å². The first kappa shape index (κ1) is 14.5. The third kappa shape index (κ3) is 3.79. The summed E-state index contributed by atoms with van der Waals surface area (Å²) < 4.78 is 6.52. The number of nitrogens with one attached hydrogen (secondary N) is 1. The Morgan fingerprint density at radius 1 is 1.48 bits per heavy atom. The van der Waals surface area contributed by atoms with E-state index in [4.69, 9.17) is 4.74 Å². The highest BCUT2D eigenvalue weighted by Gasteiger charge is 2.28. The molecule has 1 atom stereocenters. The van der Waals surface area contributed by atoms with Crippen molar-refractivity contribution in [1.82, 2.24) is 10.2 Å². The highest BCUT2D eigenvalue weighted by molar-refractivity contribution is 9.10. The van der Waals surface area contributed by atoms with Gasteiger partial charge < -0.3 is 4.74 Å². The van der Waals surface area contributed by atoms with Crippen LogP contribution in [-0.4, -0.2) is 22.2 Å². The fourth-order valence-electron chi connectivity index (χ4n) is 1.79. The van der Waals surface area contributed by atoms with Gasteiger partial charge in [0, 0.05) is 10.4 Å². The Bertz CT molecular complexity index is 657. The van der Waals surface area contributed by atoms with Crippen molar-refractivity contribution >= 4 is 38.3 Å². The van der Waals surface area contributed by atoms with Crippen molar-refractivity contribution in [3.63, 3.8) is 0 Å². The molecule has 5 nitrogen and oxygen atoms in total. The van der Waals surface area contributed by atoms with E-state index in [2.05, 4.69) is 31.4 Å². The summed E-state index contributed by atoms with van der Waals surface area (Å²) in [4.78, 5) is 12.1. The zero-order chi connectivity index (χ0) is 14.8. The molecular formula is C14H14BrN3O2S. The Kier molecular flexibility index (Phi) is 4.21. The quantitative estimate of drug-likeness (QED) is 0.876. The molecule has 1 unspecified atom stereocenters. The average molecular weight is 368 g/mol. The number of hydrogen-bond acceptors (Lipinski definition) is 5. The Labute approximate surface area is 134 Å². The first-order valence-corrected chi connectivity index (χ1v) is 8.29. The second-order valence-electron chi connectivity index (χ2n) is 4.93. The lowest BCUT2D eigenvalue weighted by Gasteiger charge is -2.13. The van der Waals surface area contributed by atoms with Crippen molar-refractivity contribution in [2.75, 3.05) is 5.32 Å². The lowest BCUT2D eigenvalue weighted by Crippen LogP contribution is -2.30. The van der Waals surface area contributed by atoms with Crippen LogP contribution in [0.2, 0.25) is 0 Å². The number of hydrogen-bond donors (Lipinski definition) is 1. The van der Waals surface area contributed by atoms with Gasteiger partial charge in [-0.05, 0) is 38.0 Å². The molecule has 1 heterocycles. The van der Waals surface area contributed by atoms with Gasteiger partial charge in [-0.25, -0.2) is 0 Å². The first-order chi connectivity index (χ1) is 10.1. The molecule has 2 aromatic rings. The molecule has 7 heteroatoms. The van der Waals surface area contributed by atoms with Crippen molar-refractivity contribution in [3.8, 4) is 5.75 Å². The second-order valence-corrected chi connectivity index (χ2v) is 6.85. The van der Waals surface area contributed by atoms with Crippen LogP contribution < -0.4 is 10.1 Å². The molecule has 1 aliphatic carbocycles. The molecule has 1 fully saturated rings. The van der Waals surface area contributed by atoms with Crippen molar-refractivity contribution in [1.29, 1.82) is 0 Å². The van der Waals surface area contributed by atoms with E-state index in [0.29, 0.717) is 16.8 Å². The minimum Gasteiger partial charge on any atom is -0.481 e. The molecule has 21 heavy (non-hydrogen) atoms. The largest absolute Gasteiger partial charge is 0.481 e. The van der Waals surface area contributed by atoms with E-state index in [-0.39, 0.29) is 5.91 Å². The van der Waals surface area contributed by atoms with Gasteiger partial charge in [0.15, 0.2) is 6.10 Å². The van der Waals surface area contributed by atoms with Crippen molar-refractivity contribution in [2.45, 2.75) is 31.8 Å². The van der Waals surface area contributed by atoms with Gasteiger partial charge in [0.2, 0.25) is 5.13 Å². The lowest BCUT2D eigenvalue weighted by atomic mass is 10.3. The number of nitrogens with zero attached hydrogens (tertiary/aromatic N) is 2. The summed E-state index contributed by atoms with van der Waals surface area (Å²) in [6.07, 6.45) is 1.74. The second kappa shape index (κ2) is 6.11. The number of carbonyl (C=O) groups is 1. The molecule has 0 spiro atoms. The smallest absolute Gasteiger partial charge is 0.266 e. The molecule has 110 valence electrons. The number of carbonyl (C=O) groups excluding carboxylic acids is 1. The number of anilines is 1. The number of aromatic nitrogens is 2. The third-order valence-corrected chi connectivity index (χ3v) is 4.57. The van der Waals surface area contributed by atoms with Crippen LogP contribution in [0.15, 0.2) is 28.7 Å². The number of benzene rings is 1. The molecule has 0 bridgehead atoms. The van der Waals surface area contributed by atoms with Gasteiger partial charge in [0.25, 0.3) is 5.91 Å². The normalized spacial score (nSPS) is 15.5. The molecule has 1 amide bonds. The van der Waals surface area contributed by atoms with E-state index in [1.165, 1.54) is 24.2 Å². The molecule has 1 saturated carbocycles. The summed E-state index contributed by atoms with van der Waals surface area (Å²) in [6, 6.07) is 7.39. The number of halogens is 1. The van der Waals surface area contributed by atoms with E-state index in [1.807, 2.05) is 24.3 Å². The van der Waals surface area contributed by atoms with Crippen molar-refractivity contribution in [3.05, 3.63) is 33.7 Å². The molecule has 0 radical (unpaired) electrons. The summed E-state index contributed by atoms with van der Waals surface area (Å²) >= 11 is 4.81. The molecular weight excluding hydrogens is 354 g/mol. The zero-order valence-electron chi connectivity index (χ0n) is 11.4. The Hall–Kier alpha value is -1.47. The van der Waals surface area contributed by atoms with Crippen molar-refractivity contribution in [2.24, 2.45) is 0 Å². The summed E-state index contributed by atoms with van der Waals surface area (Å²) in [7, 11) is 0. The molecule has 0 aliphatic heterocycles. The molecule has 1 N–H and O–H groups in total. The summed E-state index contributed by atoms with van der Waals surface area (Å²) in [5, 5.41) is 12.4. The van der Waals surface area contributed by atoms with E-state index in [1.54, 1.807) is 6.92 Å². The Morgan fingerprint density at radius 3 is 3.00 bits per heavy atom. The average Bonchev–Trinajstić information content (AvgIpc) is 3.19. The van der Waals surface area contributed by atoms with Gasteiger partial charge in [0.1, 0.15) is 10.8 Å². The Morgan fingerprint density at radius 2 is 2.29 bits per heavy atom. The van der Waals surface area contributed by atoms with Crippen LogP contribution in [0.1, 0.15) is 30.7 Å². The predicted molar refractivity (Wildman–Crippen MR) is 84.7 cm³/mol. The lowest BCUT2D eigenvalue weighted by molar-refractivity contribution is -0.122. The molecule has 1 aromatic carbocycles. The van der Waals surface area contributed by atoms with Crippen LogP contribution in [0, 0.1) is 0 Å². The topological polar surface area (TPSA) is 64.1 Å². The van der Waals surface area contributed by atoms with Crippen LogP contribution >= 0.6 is 27.3 Å². The zero-order valence-corrected chi connectivity index (χ0v) is 13.8. The van der Waals surface area contributed by atoms with Crippen molar-refractivity contribution < 1.29 is 9.53 Å². The van der Waals surface area contributed by atoms with Crippen LogP contribution in [0.3, 0.4) is 0 Å². The fourth-order valence-corrected chi connectivity index (χ4v) is 3.08. The SMILES string of the molecule is CC(Oc1cccc(Br)c1)C(=O)Nc1nnc(C2CC2)s1. The van der Waals surface area contributed by atoms with Crippen LogP contribution in [0.4, 0.5) is 5.13 Å². The van der Waals surface area contributed by atoms with Crippen LogP contribution in [-0.2, 0) is 4.79 Å². The minimum atomic E-state index is -0.604. The number of ether oxygens (including phenoxy) is 1. The minimum absolute atomic E-state index is 0.228. The maximum atomic E-state index is 12.1. The van der Waals surface area contributed by atoms with Gasteiger partial charge in [-0.3, -0.25) is 10.1 Å². The number of rotatable bonds is 5. The standard InChI is InChI=1S/C14H14BrN3O2S/c1-8(20-11-4-2-3-10(15)7-11)12(19)16-14-18-17-13(21-14)9-5-6-9/h2-4,7-9H,5-6H2,1H3,(H,16,18,19). The molecule has 1 aromatic heterocycles. The van der Waals surface area contributed by atoms with Crippen LogP contribution in [0.5, 0.6) is 5.75 Å². The Balaban J connectivity index is 1.58. The van der Waals surface area contributed by atoms with E-state index in [9.17, 15) is 4.79 Å². The van der Waals surface area contributed by atoms with Gasteiger partial charge in [-0.1, -0.05) is 33.3 Å². The van der Waals surface area contributed by atoms with Gasteiger partial charge >= 0.3 is 0 Å². The maximum absolute atomic E-state index is 12.1. The highest BCUT2D eigenvalue weighted by Crippen LogP contribution is 2.42. The number of amides is 1. The highest BCUT2D eigenvalue weighted by atomic mass is 79.9. The fraction of sp³-hybridized carbons (Fsp3) is 0.357. The summed E-state index contributed by atoms with van der Waals surface area (Å²) in [5.41, 5.74) is 0. The van der Waals surface area contributed by atoms with E-state index < -0.39 is 6.10 Å². The van der Waals surface area contributed by atoms with E-state index in [0.717, 1.165) is 9.48 Å². The van der Waals surface area contributed by atoms with Gasteiger partial charge in [0.05, 0.1) is 0 Å². The first-order valence-electron chi connectivity index (χ1n) is 6.68. The third-order valence-electron chi connectivity index (χ3n) is 3.08. The monoisotopic (exact) mass is 367 g/mol. The molecule has 1 aliphatic rings. The van der Waals surface area contributed by atoms with Gasteiger partial charge in [-0.2, -0.15) is 0 Å². The maximum Gasteiger partial charge on any atom is 0.266 e.